The van der Waals surface area contributed by atoms with Crippen molar-refractivity contribution in [3.05, 3.63) is 28.2 Å². The first-order valence-corrected chi connectivity index (χ1v) is 5.73. The number of benzene rings is 1. The smallest absolute Gasteiger partial charge is 0.0423 e. The molecule has 0 unspecified atom stereocenters. The largest absolute Gasteiger partial charge is 0.371 e. The molecule has 2 N–H and O–H groups in total. The summed E-state index contributed by atoms with van der Waals surface area (Å²) in [4.78, 5) is 2.34. The van der Waals surface area contributed by atoms with Gasteiger partial charge in [-0.05, 0) is 25.0 Å². The molecule has 0 radical (unpaired) electrons. The highest BCUT2D eigenvalue weighted by Crippen LogP contribution is 2.34. The first-order valence-electron chi connectivity index (χ1n) is 4.94. The summed E-state index contributed by atoms with van der Waals surface area (Å²) >= 11 is 3.54. The number of halogens is 1. The summed E-state index contributed by atoms with van der Waals surface area (Å²) in [6.07, 6.45) is 2.63. The molecule has 76 valence electrons. The molecule has 3 heteroatoms. The van der Waals surface area contributed by atoms with E-state index in [1.165, 1.54) is 24.1 Å². The van der Waals surface area contributed by atoms with Gasteiger partial charge in [0.25, 0.3) is 0 Å². The van der Waals surface area contributed by atoms with Crippen LogP contribution < -0.4 is 10.6 Å². The summed E-state index contributed by atoms with van der Waals surface area (Å²) in [5.41, 5.74) is 8.23. The second-order valence-corrected chi connectivity index (χ2v) is 4.64. The molecule has 1 saturated carbocycles. The highest BCUT2D eigenvalue weighted by Gasteiger charge is 2.27. The van der Waals surface area contributed by atoms with Crippen molar-refractivity contribution in [3.8, 4) is 0 Å². The van der Waals surface area contributed by atoms with Gasteiger partial charge in [0.2, 0.25) is 0 Å². The lowest BCUT2D eigenvalue weighted by molar-refractivity contribution is 0.896. The third kappa shape index (κ3) is 1.79. The van der Waals surface area contributed by atoms with Crippen molar-refractivity contribution in [2.45, 2.75) is 25.4 Å². The molecule has 0 amide bonds. The lowest BCUT2D eigenvalue weighted by atomic mass is 10.1. The molecule has 1 aliphatic rings. The highest BCUT2D eigenvalue weighted by atomic mass is 79.9. The number of nitrogens with zero attached hydrogens (tertiary/aromatic N) is 1. The van der Waals surface area contributed by atoms with Crippen LogP contribution in [0.15, 0.2) is 22.7 Å². The van der Waals surface area contributed by atoms with E-state index in [0.29, 0.717) is 6.54 Å². The highest BCUT2D eigenvalue weighted by molar-refractivity contribution is 9.10. The molecule has 14 heavy (non-hydrogen) atoms. The Balaban J connectivity index is 2.35. The normalized spacial score (nSPS) is 15.6. The Bertz CT molecular complexity index is 334. The van der Waals surface area contributed by atoms with Crippen molar-refractivity contribution >= 4 is 21.6 Å². The van der Waals surface area contributed by atoms with Crippen molar-refractivity contribution in [1.29, 1.82) is 0 Å². The van der Waals surface area contributed by atoms with Crippen LogP contribution >= 0.6 is 15.9 Å². The van der Waals surface area contributed by atoms with Crippen LogP contribution in [0, 0.1) is 0 Å². The van der Waals surface area contributed by atoms with Crippen LogP contribution in [-0.4, -0.2) is 13.1 Å². The van der Waals surface area contributed by atoms with Crippen molar-refractivity contribution in [2.75, 3.05) is 11.9 Å². The third-order valence-corrected chi connectivity index (χ3v) is 3.52. The van der Waals surface area contributed by atoms with Crippen LogP contribution in [0.3, 0.4) is 0 Å². The lowest BCUT2D eigenvalue weighted by Crippen LogP contribution is -2.21. The van der Waals surface area contributed by atoms with Gasteiger partial charge in [0, 0.05) is 35.4 Å². The second-order valence-electron chi connectivity index (χ2n) is 3.78. The average Bonchev–Trinajstić information content (AvgIpc) is 2.99. The van der Waals surface area contributed by atoms with E-state index in [2.05, 4.69) is 40.0 Å². The minimum Gasteiger partial charge on any atom is -0.371 e. The molecule has 1 fully saturated rings. The van der Waals surface area contributed by atoms with Crippen molar-refractivity contribution < 1.29 is 0 Å². The van der Waals surface area contributed by atoms with Gasteiger partial charge in [-0.3, -0.25) is 0 Å². The van der Waals surface area contributed by atoms with Gasteiger partial charge < -0.3 is 10.6 Å². The van der Waals surface area contributed by atoms with Crippen molar-refractivity contribution in [3.63, 3.8) is 0 Å². The summed E-state index contributed by atoms with van der Waals surface area (Å²) in [5.74, 6) is 0. The molecular weight excluding hydrogens is 240 g/mol. The molecule has 0 saturated heterocycles. The maximum Gasteiger partial charge on any atom is 0.0423 e. The number of rotatable bonds is 3. The molecule has 0 heterocycles. The Hall–Kier alpha value is -0.540. The predicted molar refractivity (Wildman–Crippen MR) is 63.5 cm³/mol. The van der Waals surface area contributed by atoms with E-state index < -0.39 is 0 Å². The minimum atomic E-state index is 0.591. The van der Waals surface area contributed by atoms with E-state index in [0.717, 1.165) is 10.5 Å². The van der Waals surface area contributed by atoms with E-state index in [1.807, 2.05) is 6.07 Å². The van der Waals surface area contributed by atoms with Gasteiger partial charge >= 0.3 is 0 Å². The van der Waals surface area contributed by atoms with Crippen LogP contribution in [0.25, 0.3) is 0 Å². The minimum absolute atomic E-state index is 0.591. The Morgan fingerprint density at radius 3 is 2.79 bits per heavy atom. The number of anilines is 1. The monoisotopic (exact) mass is 254 g/mol. The van der Waals surface area contributed by atoms with Crippen LogP contribution in [0.2, 0.25) is 0 Å². The molecule has 1 aliphatic carbocycles. The van der Waals surface area contributed by atoms with Crippen LogP contribution in [0.5, 0.6) is 0 Å². The van der Waals surface area contributed by atoms with Crippen molar-refractivity contribution in [2.24, 2.45) is 5.73 Å². The van der Waals surface area contributed by atoms with Gasteiger partial charge in [0.15, 0.2) is 0 Å². The van der Waals surface area contributed by atoms with E-state index >= 15 is 0 Å². The first-order chi connectivity index (χ1) is 6.74. The molecule has 1 aromatic rings. The molecule has 0 bridgehead atoms. The summed E-state index contributed by atoms with van der Waals surface area (Å²) in [6.45, 7) is 0.591. The fourth-order valence-electron chi connectivity index (χ4n) is 1.74. The first kappa shape index (κ1) is 9.99. The average molecular weight is 255 g/mol. The molecule has 0 spiro atoms. The molecule has 0 aromatic heterocycles. The predicted octanol–water partition coefficient (Wildman–Crippen LogP) is 2.51. The molecule has 1 aromatic carbocycles. The maximum absolute atomic E-state index is 5.75. The fraction of sp³-hybridized carbons (Fsp3) is 0.455. The Morgan fingerprint density at radius 2 is 2.21 bits per heavy atom. The number of hydrogen-bond acceptors (Lipinski definition) is 2. The molecule has 0 aliphatic heterocycles. The summed E-state index contributed by atoms with van der Waals surface area (Å²) < 4.78 is 1.12. The van der Waals surface area contributed by atoms with Crippen LogP contribution in [0.1, 0.15) is 18.4 Å². The van der Waals surface area contributed by atoms with Crippen molar-refractivity contribution in [1.82, 2.24) is 0 Å². The van der Waals surface area contributed by atoms with Gasteiger partial charge in [0.05, 0.1) is 0 Å². The van der Waals surface area contributed by atoms with Gasteiger partial charge in [-0.15, -0.1) is 0 Å². The van der Waals surface area contributed by atoms with E-state index in [1.54, 1.807) is 0 Å². The third-order valence-electron chi connectivity index (χ3n) is 2.77. The Labute approximate surface area is 93.2 Å². The summed E-state index contributed by atoms with van der Waals surface area (Å²) in [5, 5.41) is 0. The van der Waals surface area contributed by atoms with Gasteiger partial charge in [-0.2, -0.15) is 0 Å². The molecule has 2 nitrogen and oxygen atoms in total. The zero-order valence-electron chi connectivity index (χ0n) is 8.33. The van der Waals surface area contributed by atoms with Gasteiger partial charge in [-0.25, -0.2) is 0 Å². The van der Waals surface area contributed by atoms with Crippen LogP contribution in [0.4, 0.5) is 5.69 Å². The molecular formula is C11H15BrN2. The SMILES string of the molecule is CN(c1cccc(Br)c1CN)C1CC1. The van der Waals surface area contributed by atoms with E-state index in [-0.39, 0.29) is 0 Å². The van der Waals surface area contributed by atoms with Crippen LogP contribution in [-0.2, 0) is 6.54 Å². The fourth-order valence-corrected chi connectivity index (χ4v) is 2.26. The standard InChI is InChI=1S/C11H15BrN2/c1-14(8-5-6-8)11-4-2-3-10(12)9(11)7-13/h2-4,8H,5-7,13H2,1H3. The van der Waals surface area contributed by atoms with E-state index in [4.69, 9.17) is 5.73 Å². The molecule has 2 rings (SSSR count). The quantitative estimate of drug-likeness (QED) is 0.899. The molecule has 0 atom stereocenters. The maximum atomic E-state index is 5.75. The topological polar surface area (TPSA) is 29.3 Å². The lowest BCUT2D eigenvalue weighted by Gasteiger charge is -2.22. The van der Waals surface area contributed by atoms with E-state index in [9.17, 15) is 0 Å². The number of nitrogens with two attached hydrogens (primary N) is 1. The zero-order chi connectivity index (χ0) is 10.1. The Morgan fingerprint density at radius 1 is 1.50 bits per heavy atom. The summed E-state index contributed by atoms with van der Waals surface area (Å²) in [7, 11) is 2.15. The summed E-state index contributed by atoms with van der Waals surface area (Å²) in [6, 6.07) is 6.99. The second kappa shape index (κ2) is 3.91. The van der Waals surface area contributed by atoms with Gasteiger partial charge in [-0.1, -0.05) is 22.0 Å². The zero-order valence-corrected chi connectivity index (χ0v) is 9.92. The Kier molecular flexibility index (Phi) is 2.79. The number of hydrogen-bond donors (Lipinski definition) is 1. The van der Waals surface area contributed by atoms with Gasteiger partial charge in [0.1, 0.15) is 0 Å².